The van der Waals surface area contributed by atoms with Crippen molar-refractivity contribution in [1.29, 1.82) is 0 Å². The number of allylic oxidation sites excluding steroid dienone is 4. The Morgan fingerprint density at radius 1 is 0.730 bits per heavy atom. The van der Waals surface area contributed by atoms with Crippen molar-refractivity contribution >= 4 is 17.3 Å². The maximum Gasteiger partial charge on any atom is 0.155 e. The SMILES string of the molecule is C1CCC1.CC12CCC(=O)C=C1CCC2(C)C1CCC1.CC1CC2=CC(=O)CCC2(C)C1=O.CCCC. The molecule has 0 saturated heterocycles. The Balaban J connectivity index is 0.000000161. The smallest absolute Gasteiger partial charge is 0.155 e. The predicted molar refractivity (Wildman–Crippen MR) is 153 cm³/mol. The lowest BCUT2D eigenvalue weighted by Crippen LogP contribution is -2.44. The standard InChI is InChI=1S/C15H22O.C11H14O2.C4H8.C4H10/c1-14(11-4-3-5-11)8-6-12-10-13(16)7-9-15(12,14)2;1-7-5-8-6-9(12)3-4-11(8,2)10(7)13;1-2-4-3-1;1-3-4-2/h10-11H,3-9H2,1-2H3;6-7H,3-5H2,1-2H3;1-4H2;3-4H2,1-2H3. The Labute approximate surface area is 227 Å². The summed E-state index contributed by atoms with van der Waals surface area (Å²) < 4.78 is 0. The minimum atomic E-state index is -0.298. The molecule has 0 amide bonds. The Hall–Kier alpha value is -1.51. The number of hydrogen-bond acceptors (Lipinski definition) is 3. The van der Waals surface area contributed by atoms with E-state index in [1.807, 2.05) is 19.9 Å². The van der Waals surface area contributed by atoms with Gasteiger partial charge in [0.05, 0.1) is 0 Å². The maximum atomic E-state index is 11.8. The normalized spacial score (nSPS) is 36.1. The first-order valence-electron chi connectivity index (χ1n) is 15.5. The summed E-state index contributed by atoms with van der Waals surface area (Å²) in [5.41, 5.74) is 3.07. The second-order valence-corrected chi connectivity index (χ2v) is 13.4. The molecule has 3 nitrogen and oxygen atoms in total. The van der Waals surface area contributed by atoms with E-state index in [2.05, 4.69) is 27.7 Å². The van der Waals surface area contributed by atoms with Crippen molar-refractivity contribution in [1.82, 2.24) is 0 Å². The number of ketones is 3. The summed E-state index contributed by atoms with van der Waals surface area (Å²) in [5, 5.41) is 0. The highest BCUT2D eigenvalue weighted by Crippen LogP contribution is 2.66. The topological polar surface area (TPSA) is 51.2 Å². The second-order valence-electron chi connectivity index (χ2n) is 13.4. The van der Waals surface area contributed by atoms with Gasteiger partial charge in [-0.05, 0) is 80.8 Å². The van der Waals surface area contributed by atoms with Crippen molar-refractivity contribution in [2.24, 2.45) is 28.1 Å². The zero-order valence-electron chi connectivity index (χ0n) is 24.8. The highest BCUT2D eigenvalue weighted by Gasteiger charge is 2.56. The molecule has 0 spiro atoms. The van der Waals surface area contributed by atoms with Crippen molar-refractivity contribution < 1.29 is 14.4 Å². The number of Topliss-reactive ketones (excluding diaryl/α,β-unsaturated/α-hetero) is 1. The molecule has 0 aromatic carbocycles. The predicted octanol–water partition coefficient (Wildman–Crippen LogP) is 9.14. The summed E-state index contributed by atoms with van der Waals surface area (Å²) >= 11 is 0. The van der Waals surface area contributed by atoms with Gasteiger partial charge in [-0.15, -0.1) is 0 Å². The molecule has 37 heavy (non-hydrogen) atoms. The molecule has 4 fully saturated rings. The van der Waals surface area contributed by atoms with Gasteiger partial charge < -0.3 is 0 Å². The first-order valence-corrected chi connectivity index (χ1v) is 15.5. The average molecular weight is 511 g/mol. The Bertz CT molecular complexity index is 896. The fraction of sp³-hybridized carbons (Fsp3) is 0.794. The van der Waals surface area contributed by atoms with Crippen LogP contribution in [0, 0.1) is 28.1 Å². The summed E-state index contributed by atoms with van der Waals surface area (Å²) in [5.74, 6) is 1.92. The highest BCUT2D eigenvalue weighted by atomic mass is 16.1. The number of unbranched alkanes of at least 4 members (excludes halogenated alkanes) is 1. The van der Waals surface area contributed by atoms with Crippen molar-refractivity contribution in [3.05, 3.63) is 23.3 Å². The van der Waals surface area contributed by atoms with Crippen molar-refractivity contribution in [2.75, 3.05) is 0 Å². The molecule has 4 saturated carbocycles. The average Bonchev–Trinajstić information content (AvgIpc) is 3.17. The van der Waals surface area contributed by atoms with Crippen LogP contribution in [0.5, 0.6) is 0 Å². The molecule has 0 bridgehead atoms. The molecule has 0 aromatic rings. The van der Waals surface area contributed by atoms with Crippen LogP contribution in [0.3, 0.4) is 0 Å². The van der Waals surface area contributed by atoms with E-state index in [9.17, 15) is 14.4 Å². The second kappa shape index (κ2) is 12.6. The van der Waals surface area contributed by atoms with Crippen LogP contribution in [0.1, 0.15) is 144 Å². The van der Waals surface area contributed by atoms with Gasteiger partial charge in [0.1, 0.15) is 5.78 Å². The van der Waals surface area contributed by atoms with Crippen LogP contribution in [0.2, 0.25) is 0 Å². The Morgan fingerprint density at radius 3 is 1.76 bits per heavy atom. The van der Waals surface area contributed by atoms with Gasteiger partial charge in [0.15, 0.2) is 11.6 Å². The van der Waals surface area contributed by atoms with Crippen LogP contribution in [-0.2, 0) is 14.4 Å². The van der Waals surface area contributed by atoms with Crippen LogP contribution >= 0.6 is 0 Å². The summed E-state index contributed by atoms with van der Waals surface area (Å²) in [4.78, 5) is 34.5. The van der Waals surface area contributed by atoms with E-state index in [-0.39, 0.29) is 17.1 Å². The molecule has 0 heterocycles. The minimum absolute atomic E-state index is 0.113. The monoisotopic (exact) mass is 510 g/mol. The van der Waals surface area contributed by atoms with Crippen LogP contribution in [-0.4, -0.2) is 17.3 Å². The molecule has 6 rings (SSSR count). The lowest BCUT2D eigenvalue weighted by Gasteiger charge is -2.51. The van der Waals surface area contributed by atoms with Gasteiger partial charge >= 0.3 is 0 Å². The van der Waals surface area contributed by atoms with Gasteiger partial charge in [-0.1, -0.05) is 90.7 Å². The minimum Gasteiger partial charge on any atom is -0.298 e. The van der Waals surface area contributed by atoms with E-state index < -0.39 is 0 Å². The van der Waals surface area contributed by atoms with Crippen molar-refractivity contribution in [3.63, 3.8) is 0 Å². The lowest BCUT2D eigenvalue weighted by molar-refractivity contribution is -0.127. The largest absolute Gasteiger partial charge is 0.298 e. The highest BCUT2D eigenvalue weighted by molar-refractivity contribution is 6.00. The first-order chi connectivity index (χ1) is 17.5. The summed E-state index contributed by atoms with van der Waals surface area (Å²) in [6, 6.07) is 0. The molecule has 3 heteroatoms. The van der Waals surface area contributed by atoms with E-state index in [1.165, 1.54) is 76.2 Å². The third-order valence-electron chi connectivity index (χ3n) is 11.0. The van der Waals surface area contributed by atoms with E-state index in [0.29, 0.717) is 28.8 Å². The molecule has 6 aliphatic carbocycles. The lowest BCUT2D eigenvalue weighted by atomic mass is 9.53. The zero-order valence-corrected chi connectivity index (χ0v) is 24.8. The Morgan fingerprint density at radius 2 is 1.27 bits per heavy atom. The summed E-state index contributed by atoms with van der Waals surface area (Å²) in [6.45, 7) is 13.2. The first kappa shape index (κ1) is 30.0. The number of carbonyl (C=O) groups excluding carboxylic acids is 3. The number of rotatable bonds is 2. The summed E-state index contributed by atoms with van der Waals surface area (Å²) in [7, 11) is 0. The number of fused-ring (bicyclic) bond motifs is 2. The van der Waals surface area contributed by atoms with Gasteiger partial charge in [-0.25, -0.2) is 0 Å². The van der Waals surface area contributed by atoms with Crippen molar-refractivity contribution in [2.45, 2.75) is 144 Å². The van der Waals surface area contributed by atoms with E-state index in [4.69, 9.17) is 0 Å². The van der Waals surface area contributed by atoms with Gasteiger partial charge in [-0.2, -0.15) is 0 Å². The molecule has 6 aliphatic rings. The molecule has 0 radical (unpaired) electrons. The van der Waals surface area contributed by atoms with Gasteiger partial charge in [0, 0.05) is 24.2 Å². The third kappa shape index (κ3) is 6.22. The maximum absolute atomic E-state index is 11.8. The van der Waals surface area contributed by atoms with E-state index >= 15 is 0 Å². The van der Waals surface area contributed by atoms with Gasteiger partial charge in [0.25, 0.3) is 0 Å². The third-order valence-corrected chi connectivity index (χ3v) is 11.0. The van der Waals surface area contributed by atoms with Gasteiger partial charge in [0.2, 0.25) is 0 Å². The van der Waals surface area contributed by atoms with E-state index in [0.717, 1.165) is 37.2 Å². The van der Waals surface area contributed by atoms with E-state index in [1.54, 1.807) is 6.08 Å². The van der Waals surface area contributed by atoms with Crippen molar-refractivity contribution in [3.8, 4) is 0 Å². The molecule has 0 N–H and O–H groups in total. The van der Waals surface area contributed by atoms with Crippen LogP contribution in [0.4, 0.5) is 0 Å². The van der Waals surface area contributed by atoms with Crippen LogP contribution in [0.25, 0.3) is 0 Å². The molecule has 0 aromatic heterocycles. The quantitative estimate of drug-likeness (QED) is 0.372. The van der Waals surface area contributed by atoms with Crippen LogP contribution in [0.15, 0.2) is 23.3 Å². The van der Waals surface area contributed by atoms with Gasteiger partial charge in [-0.3, -0.25) is 14.4 Å². The number of carbonyl (C=O) groups is 3. The summed E-state index contributed by atoms with van der Waals surface area (Å²) in [6.07, 6.45) is 23.0. The Kier molecular flexibility index (Phi) is 10.2. The number of hydrogen-bond donors (Lipinski definition) is 0. The molecule has 0 aliphatic heterocycles. The zero-order chi connectivity index (χ0) is 27.3. The molecule has 4 atom stereocenters. The molecule has 208 valence electrons. The molecular formula is C34H54O3. The molecular weight excluding hydrogens is 456 g/mol. The fourth-order valence-electron chi connectivity index (χ4n) is 7.07. The molecule has 4 unspecified atom stereocenters. The fourth-order valence-corrected chi connectivity index (χ4v) is 7.07. The van der Waals surface area contributed by atoms with Crippen LogP contribution < -0.4 is 0 Å².